The minimum atomic E-state index is -3.59. The third kappa shape index (κ3) is 4.71. The van der Waals surface area contributed by atoms with Crippen LogP contribution in [0.25, 0.3) is 10.1 Å². The average molecular weight is 407 g/mol. The van der Waals surface area contributed by atoms with E-state index in [9.17, 15) is 17.6 Å². The van der Waals surface area contributed by atoms with E-state index < -0.39 is 10.0 Å². The molecule has 1 amide bonds. The molecular formula is C19H19FN2O3S2. The molecule has 8 heteroatoms. The van der Waals surface area contributed by atoms with Gasteiger partial charge in [0.25, 0.3) is 5.91 Å². The van der Waals surface area contributed by atoms with Gasteiger partial charge in [-0.2, -0.15) is 0 Å². The summed E-state index contributed by atoms with van der Waals surface area (Å²) in [4.78, 5) is 13.0. The van der Waals surface area contributed by atoms with Gasteiger partial charge in [-0.3, -0.25) is 4.79 Å². The van der Waals surface area contributed by atoms with Gasteiger partial charge >= 0.3 is 0 Å². The fourth-order valence-electron chi connectivity index (χ4n) is 2.60. The molecule has 3 rings (SSSR count). The Morgan fingerprint density at radius 1 is 1.15 bits per heavy atom. The first-order valence-electron chi connectivity index (χ1n) is 8.33. The summed E-state index contributed by atoms with van der Waals surface area (Å²) in [7, 11) is -3.59. The van der Waals surface area contributed by atoms with Crippen molar-refractivity contribution in [2.75, 3.05) is 0 Å². The van der Waals surface area contributed by atoms with Crippen molar-refractivity contribution in [1.82, 2.24) is 10.0 Å². The minimum Gasteiger partial charge on any atom is -0.347 e. The lowest BCUT2D eigenvalue weighted by Gasteiger charge is -2.11. The Kier molecular flexibility index (Phi) is 5.59. The molecule has 0 fully saturated rings. The van der Waals surface area contributed by atoms with E-state index in [4.69, 9.17) is 0 Å². The van der Waals surface area contributed by atoms with Gasteiger partial charge in [0, 0.05) is 17.3 Å². The zero-order valence-electron chi connectivity index (χ0n) is 14.8. The molecule has 3 aromatic rings. The predicted octanol–water partition coefficient (Wildman–Crippen LogP) is 3.66. The lowest BCUT2D eigenvalue weighted by Crippen LogP contribution is -2.30. The third-order valence-corrected chi connectivity index (χ3v) is 6.53. The van der Waals surface area contributed by atoms with Crippen LogP contribution in [0.1, 0.15) is 29.1 Å². The van der Waals surface area contributed by atoms with Crippen LogP contribution in [0.4, 0.5) is 4.39 Å². The Morgan fingerprint density at radius 3 is 2.67 bits per heavy atom. The Labute approximate surface area is 161 Å². The number of fused-ring (bicyclic) bond motifs is 1. The van der Waals surface area contributed by atoms with Gasteiger partial charge in [0.05, 0.1) is 9.77 Å². The van der Waals surface area contributed by atoms with Crippen LogP contribution in [0, 0.1) is 5.82 Å². The van der Waals surface area contributed by atoms with Crippen LogP contribution in [0.2, 0.25) is 0 Å². The monoisotopic (exact) mass is 406 g/mol. The Morgan fingerprint density at radius 2 is 1.93 bits per heavy atom. The Bertz CT molecular complexity index is 1090. The van der Waals surface area contributed by atoms with Crippen LogP contribution < -0.4 is 10.0 Å². The molecule has 0 aliphatic rings. The van der Waals surface area contributed by atoms with Crippen LogP contribution >= 0.6 is 11.3 Å². The molecule has 0 spiro atoms. The van der Waals surface area contributed by atoms with Crippen LogP contribution in [-0.4, -0.2) is 20.4 Å². The average Bonchev–Trinajstić information content (AvgIpc) is 3.02. The fraction of sp³-hybridized carbons (Fsp3) is 0.211. The second-order valence-electron chi connectivity index (χ2n) is 6.40. The molecule has 0 radical (unpaired) electrons. The summed E-state index contributed by atoms with van der Waals surface area (Å²) in [5, 5.41) is 3.45. The molecule has 0 aliphatic carbocycles. The SMILES string of the molecule is CC(C)NS(=O)(=O)c1cccc(CNC(=O)c2cc3cc(F)ccc3s2)c1. The highest BCUT2D eigenvalue weighted by atomic mass is 32.2. The van der Waals surface area contributed by atoms with E-state index in [1.165, 1.54) is 35.6 Å². The van der Waals surface area contributed by atoms with Crippen molar-refractivity contribution >= 4 is 37.4 Å². The van der Waals surface area contributed by atoms with Gasteiger partial charge < -0.3 is 5.32 Å². The number of halogens is 1. The van der Waals surface area contributed by atoms with E-state index in [0.717, 1.165) is 4.70 Å². The van der Waals surface area contributed by atoms with E-state index in [2.05, 4.69) is 10.0 Å². The standard InChI is InChI=1S/C19H19FN2O3S2/c1-12(2)22-27(24,25)16-5-3-4-13(8-16)11-21-19(23)18-10-14-9-15(20)6-7-17(14)26-18/h3-10,12,22H,11H2,1-2H3,(H,21,23). The third-order valence-electron chi connectivity index (χ3n) is 3.75. The number of rotatable bonds is 6. The largest absolute Gasteiger partial charge is 0.347 e. The first-order valence-corrected chi connectivity index (χ1v) is 10.6. The molecule has 5 nitrogen and oxygen atoms in total. The zero-order chi connectivity index (χ0) is 19.6. The first kappa shape index (κ1) is 19.5. The predicted molar refractivity (Wildman–Crippen MR) is 105 cm³/mol. The van der Waals surface area contributed by atoms with Crippen molar-refractivity contribution in [2.45, 2.75) is 31.3 Å². The normalized spacial score (nSPS) is 11.9. The number of hydrogen-bond acceptors (Lipinski definition) is 4. The van der Waals surface area contributed by atoms with Crippen molar-refractivity contribution in [2.24, 2.45) is 0 Å². The number of hydrogen-bond donors (Lipinski definition) is 2. The van der Waals surface area contributed by atoms with E-state index in [-0.39, 0.29) is 29.2 Å². The summed E-state index contributed by atoms with van der Waals surface area (Å²) in [5.41, 5.74) is 0.669. The van der Waals surface area contributed by atoms with Crippen molar-refractivity contribution in [3.8, 4) is 0 Å². The van der Waals surface area contributed by atoms with Crippen LogP contribution in [-0.2, 0) is 16.6 Å². The summed E-state index contributed by atoms with van der Waals surface area (Å²) in [6, 6.07) is 12.2. The number of amides is 1. The lowest BCUT2D eigenvalue weighted by molar-refractivity contribution is 0.0955. The molecule has 0 saturated carbocycles. The maximum Gasteiger partial charge on any atom is 0.261 e. The Balaban J connectivity index is 1.72. The molecule has 0 atom stereocenters. The van der Waals surface area contributed by atoms with Crippen molar-refractivity contribution in [3.63, 3.8) is 0 Å². The molecule has 2 aromatic carbocycles. The minimum absolute atomic E-state index is 0.153. The summed E-state index contributed by atoms with van der Waals surface area (Å²) >= 11 is 1.28. The molecule has 0 aliphatic heterocycles. The van der Waals surface area contributed by atoms with Crippen LogP contribution in [0.5, 0.6) is 0 Å². The van der Waals surface area contributed by atoms with Gasteiger partial charge in [-0.1, -0.05) is 12.1 Å². The topological polar surface area (TPSA) is 75.3 Å². The molecular weight excluding hydrogens is 387 g/mol. The molecule has 0 saturated heterocycles. The molecule has 1 aromatic heterocycles. The highest BCUT2D eigenvalue weighted by Gasteiger charge is 2.16. The van der Waals surface area contributed by atoms with Gasteiger partial charge in [0.15, 0.2) is 0 Å². The summed E-state index contributed by atoms with van der Waals surface area (Å²) in [6.07, 6.45) is 0. The summed E-state index contributed by atoms with van der Waals surface area (Å²) < 4.78 is 41.1. The fourth-order valence-corrected chi connectivity index (χ4v) is 4.88. The second-order valence-corrected chi connectivity index (χ2v) is 9.20. The number of thiophene rings is 1. The molecule has 1 heterocycles. The van der Waals surface area contributed by atoms with E-state index in [0.29, 0.717) is 15.8 Å². The smallest absolute Gasteiger partial charge is 0.261 e. The summed E-state index contributed by atoms with van der Waals surface area (Å²) in [5.74, 6) is -0.634. The van der Waals surface area contributed by atoms with Crippen molar-refractivity contribution in [3.05, 3.63) is 64.8 Å². The van der Waals surface area contributed by atoms with E-state index in [1.807, 2.05) is 0 Å². The van der Waals surface area contributed by atoms with Crippen LogP contribution in [0.3, 0.4) is 0 Å². The van der Waals surface area contributed by atoms with Gasteiger partial charge in [-0.15, -0.1) is 11.3 Å². The van der Waals surface area contributed by atoms with Gasteiger partial charge in [0.2, 0.25) is 10.0 Å². The lowest BCUT2D eigenvalue weighted by atomic mass is 10.2. The quantitative estimate of drug-likeness (QED) is 0.656. The molecule has 0 unspecified atom stereocenters. The van der Waals surface area contributed by atoms with Crippen molar-refractivity contribution < 1.29 is 17.6 Å². The van der Waals surface area contributed by atoms with Gasteiger partial charge in [0.1, 0.15) is 5.82 Å². The van der Waals surface area contributed by atoms with E-state index in [1.54, 1.807) is 38.1 Å². The highest BCUT2D eigenvalue weighted by Crippen LogP contribution is 2.26. The second kappa shape index (κ2) is 7.75. The maximum atomic E-state index is 13.3. The highest BCUT2D eigenvalue weighted by molar-refractivity contribution is 7.89. The number of nitrogens with one attached hydrogen (secondary N) is 2. The van der Waals surface area contributed by atoms with Gasteiger partial charge in [-0.25, -0.2) is 17.5 Å². The molecule has 2 N–H and O–H groups in total. The number of carbonyl (C=O) groups excluding carboxylic acids is 1. The van der Waals surface area contributed by atoms with Crippen LogP contribution in [0.15, 0.2) is 53.4 Å². The van der Waals surface area contributed by atoms with Crippen molar-refractivity contribution in [1.29, 1.82) is 0 Å². The number of benzene rings is 2. The zero-order valence-corrected chi connectivity index (χ0v) is 16.5. The summed E-state index contributed by atoms with van der Waals surface area (Å²) in [6.45, 7) is 3.68. The molecule has 142 valence electrons. The molecule has 27 heavy (non-hydrogen) atoms. The van der Waals surface area contributed by atoms with Gasteiger partial charge in [-0.05, 0) is 61.2 Å². The number of sulfonamides is 1. The molecule has 0 bridgehead atoms. The van der Waals surface area contributed by atoms with E-state index >= 15 is 0 Å². The maximum absolute atomic E-state index is 13.3. The number of carbonyl (C=O) groups is 1. The first-order chi connectivity index (χ1) is 12.7. The Hall–Kier alpha value is -2.29.